The number of aromatic nitrogens is 2. The first-order valence-electron chi connectivity index (χ1n) is 9.66. The van der Waals surface area contributed by atoms with Crippen molar-refractivity contribution in [3.63, 3.8) is 0 Å². The summed E-state index contributed by atoms with van der Waals surface area (Å²) in [5, 5.41) is 12.0. The van der Waals surface area contributed by atoms with Gasteiger partial charge in [-0.2, -0.15) is 0 Å². The number of aryl methyl sites for hydroxylation is 1. The highest BCUT2D eigenvalue weighted by Gasteiger charge is 2.22. The molecule has 0 radical (unpaired) electrons. The molecule has 2 aromatic carbocycles. The van der Waals surface area contributed by atoms with Crippen molar-refractivity contribution in [3.05, 3.63) is 71.0 Å². The zero-order chi connectivity index (χ0) is 21.1. The number of amides is 2. The van der Waals surface area contributed by atoms with Gasteiger partial charge in [0.25, 0.3) is 0 Å². The fourth-order valence-electron chi connectivity index (χ4n) is 3.34. The molecule has 30 heavy (non-hydrogen) atoms. The van der Waals surface area contributed by atoms with Crippen LogP contribution < -0.4 is 10.2 Å². The normalized spacial score (nSPS) is 14.0. The van der Waals surface area contributed by atoms with Crippen molar-refractivity contribution in [2.75, 3.05) is 36.4 Å². The molecule has 8 heteroatoms. The largest absolute Gasteiger partial charge is 0.352 e. The van der Waals surface area contributed by atoms with Crippen LogP contribution in [0.4, 0.5) is 20.7 Å². The van der Waals surface area contributed by atoms with Crippen molar-refractivity contribution in [1.82, 2.24) is 15.1 Å². The van der Waals surface area contributed by atoms with E-state index in [2.05, 4.69) is 20.4 Å². The Morgan fingerprint density at radius 2 is 1.73 bits per heavy atom. The van der Waals surface area contributed by atoms with Crippen molar-refractivity contribution in [2.24, 2.45) is 0 Å². The van der Waals surface area contributed by atoms with Crippen molar-refractivity contribution in [2.45, 2.75) is 6.92 Å². The van der Waals surface area contributed by atoms with E-state index < -0.39 is 0 Å². The summed E-state index contributed by atoms with van der Waals surface area (Å²) < 4.78 is 13.1. The van der Waals surface area contributed by atoms with E-state index in [0.29, 0.717) is 42.6 Å². The van der Waals surface area contributed by atoms with Crippen molar-refractivity contribution in [3.8, 4) is 11.3 Å². The third-order valence-electron chi connectivity index (χ3n) is 5.04. The van der Waals surface area contributed by atoms with Gasteiger partial charge in [0.15, 0.2) is 5.82 Å². The molecule has 0 bridgehead atoms. The van der Waals surface area contributed by atoms with Gasteiger partial charge in [0.1, 0.15) is 5.82 Å². The Kier molecular flexibility index (Phi) is 5.81. The molecule has 1 fully saturated rings. The first kappa shape index (κ1) is 20.1. The smallest absolute Gasteiger partial charge is 0.322 e. The standard InChI is InChI=1S/C22H21ClFN5O/c1-15-2-7-18(23)20(14-15)25-22(30)29-12-10-28(11-13-29)21-9-8-19(26-27-21)16-3-5-17(24)6-4-16/h2-9,14H,10-13H2,1H3,(H,25,30). The van der Waals surface area contributed by atoms with E-state index >= 15 is 0 Å². The summed E-state index contributed by atoms with van der Waals surface area (Å²) in [7, 11) is 0. The fourth-order valence-corrected chi connectivity index (χ4v) is 3.50. The van der Waals surface area contributed by atoms with Crippen molar-refractivity contribution < 1.29 is 9.18 Å². The Morgan fingerprint density at radius 1 is 1.00 bits per heavy atom. The predicted molar refractivity (Wildman–Crippen MR) is 116 cm³/mol. The number of nitrogens with zero attached hydrogens (tertiary/aromatic N) is 4. The topological polar surface area (TPSA) is 61.4 Å². The quantitative estimate of drug-likeness (QED) is 0.666. The predicted octanol–water partition coefficient (Wildman–Crippen LogP) is 4.60. The molecule has 0 saturated carbocycles. The second-order valence-electron chi connectivity index (χ2n) is 7.17. The van der Waals surface area contributed by atoms with Crippen molar-refractivity contribution in [1.29, 1.82) is 0 Å². The summed E-state index contributed by atoms with van der Waals surface area (Å²) >= 11 is 6.17. The number of nitrogens with one attached hydrogen (secondary N) is 1. The number of benzene rings is 2. The van der Waals surface area contributed by atoms with Crippen LogP contribution in [0.15, 0.2) is 54.6 Å². The molecule has 0 atom stereocenters. The number of anilines is 2. The Balaban J connectivity index is 1.35. The molecule has 2 heterocycles. The first-order valence-corrected chi connectivity index (χ1v) is 10.0. The zero-order valence-corrected chi connectivity index (χ0v) is 17.2. The van der Waals surface area contributed by atoms with Crippen LogP contribution in [0.5, 0.6) is 0 Å². The fraction of sp³-hybridized carbons (Fsp3) is 0.227. The van der Waals surface area contributed by atoms with E-state index in [9.17, 15) is 9.18 Å². The summed E-state index contributed by atoms with van der Waals surface area (Å²) in [6.07, 6.45) is 0. The zero-order valence-electron chi connectivity index (χ0n) is 16.5. The molecular formula is C22H21ClFN5O. The highest BCUT2D eigenvalue weighted by molar-refractivity contribution is 6.33. The third kappa shape index (κ3) is 4.52. The average molecular weight is 426 g/mol. The lowest BCUT2D eigenvalue weighted by Crippen LogP contribution is -2.50. The van der Waals surface area contributed by atoms with Gasteiger partial charge in [-0.05, 0) is 61.0 Å². The second-order valence-corrected chi connectivity index (χ2v) is 7.58. The van der Waals surface area contributed by atoms with E-state index in [-0.39, 0.29) is 11.8 Å². The molecule has 0 unspecified atom stereocenters. The van der Waals surface area contributed by atoms with E-state index in [1.54, 1.807) is 23.1 Å². The lowest BCUT2D eigenvalue weighted by Gasteiger charge is -2.35. The number of carbonyl (C=O) groups is 1. The van der Waals surface area contributed by atoms with Gasteiger partial charge < -0.3 is 15.1 Å². The number of halogens is 2. The lowest BCUT2D eigenvalue weighted by atomic mass is 10.1. The van der Waals surface area contributed by atoms with Gasteiger partial charge in [-0.25, -0.2) is 9.18 Å². The minimum atomic E-state index is -0.282. The Bertz CT molecular complexity index is 1030. The van der Waals surface area contributed by atoms with Gasteiger partial charge in [0, 0.05) is 31.7 Å². The summed E-state index contributed by atoms with van der Waals surface area (Å²) in [6.45, 7) is 4.39. The van der Waals surface area contributed by atoms with Crippen LogP contribution in [-0.4, -0.2) is 47.3 Å². The van der Waals surface area contributed by atoms with Crippen LogP contribution >= 0.6 is 11.6 Å². The van der Waals surface area contributed by atoms with E-state index in [1.165, 1.54) is 12.1 Å². The van der Waals surface area contributed by atoms with Crippen molar-refractivity contribution >= 4 is 29.1 Å². The van der Waals surface area contributed by atoms with Gasteiger partial charge in [-0.15, -0.1) is 10.2 Å². The molecular weight excluding hydrogens is 405 g/mol. The Labute approximate surface area is 179 Å². The van der Waals surface area contributed by atoms with Gasteiger partial charge in [0.2, 0.25) is 0 Å². The number of carbonyl (C=O) groups excluding carboxylic acids is 1. The molecule has 2 amide bonds. The Morgan fingerprint density at radius 3 is 2.40 bits per heavy atom. The molecule has 154 valence electrons. The van der Waals surface area contributed by atoms with Crippen LogP contribution in [0.3, 0.4) is 0 Å². The molecule has 1 aliphatic rings. The molecule has 6 nitrogen and oxygen atoms in total. The molecule has 0 spiro atoms. The van der Waals surface area contributed by atoms with Gasteiger partial charge >= 0.3 is 6.03 Å². The average Bonchev–Trinajstić information content (AvgIpc) is 2.77. The summed E-state index contributed by atoms with van der Waals surface area (Å²) in [5.41, 5.74) is 3.15. The molecule has 1 saturated heterocycles. The van der Waals surface area contributed by atoms with E-state index in [1.807, 2.05) is 31.2 Å². The van der Waals surface area contributed by atoms with E-state index in [4.69, 9.17) is 11.6 Å². The minimum Gasteiger partial charge on any atom is -0.352 e. The number of hydrogen-bond acceptors (Lipinski definition) is 4. The van der Waals surface area contributed by atoms with Crippen LogP contribution in [0.25, 0.3) is 11.3 Å². The number of urea groups is 1. The molecule has 1 aromatic heterocycles. The van der Waals surface area contributed by atoms with Gasteiger partial charge in [-0.3, -0.25) is 0 Å². The van der Waals surface area contributed by atoms with Gasteiger partial charge in [-0.1, -0.05) is 17.7 Å². The lowest BCUT2D eigenvalue weighted by molar-refractivity contribution is 0.208. The summed E-state index contributed by atoms with van der Waals surface area (Å²) in [4.78, 5) is 16.4. The van der Waals surface area contributed by atoms with E-state index in [0.717, 1.165) is 16.9 Å². The van der Waals surface area contributed by atoms with Crippen LogP contribution in [0.2, 0.25) is 5.02 Å². The third-order valence-corrected chi connectivity index (χ3v) is 5.37. The SMILES string of the molecule is Cc1ccc(Cl)c(NC(=O)N2CCN(c3ccc(-c4ccc(F)cc4)nn3)CC2)c1. The van der Waals surface area contributed by atoms with Crippen LogP contribution in [0.1, 0.15) is 5.56 Å². The number of piperazine rings is 1. The molecule has 3 aromatic rings. The highest BCUT2D eigenvalue weighted by Crippen LogP contribution is 2.24. The summed E-state index contributed by atoms with van der Waals surface area (Å²) in [5.74, 6) is 0.470. The highest BCUT2D eigenvalue weighted by atomic mass is 35.5. The number of hydrogen-bond donors (Lipinski definition) is 1. The maximum absolute atomic E-state index is 13.1. The molecule has 0 aliphatic carbocycles. The minimum absolute atomic E-state index is 0.167. The molecule has 4 rings (SSSR count). The maximum Gasteiger partial charge on any atom is 0.322 e. The molecule has 1 N–H and O–H groups in total. The second kappa shape index (κ2) is 8.67. The maximum atomic E-state index is 13.1. The Hall–Kier alpha value is -3.19. The summed E-state index contributed by atoms with van der Waals surface area (Å²) in [6, 6.07) is 15.3. The monoisotopic (exact) mass is 425 g/mol. The molecule has 1 aliphatic heterocycles. The van der Waals surface area contributed by atoms with Gasteiger partial charge in [0.05, 0.1) is 16.4 Å². The van der Waals surface area contributed by atoms with Crippen LogP contribution in [-0.2, 0) is 0 Å². The first-order chi connectivity index (χ1) is 14.5. The van der Waals surface area contributed by atoms with Crippen LogP contribution in [0, 0.1) is 12.7 Å². The number of rotatable bonds is 3.